The minimum absolute atomic E-state index is 0.181. The molecule has 0 fully saturated rings. The van der Waals surface area contributed by atoms with Gasteiger partial charge in [0.2, 0.25) is 5.91 Å². The average molecular weight is 229 g/mol. The van der Waals surface area contributed by atoms with Crippen molar-refractivity contribution in [2.45, 2.75) is 20.0 Å². The van der Waals surface area contributed by atoms with Gasteiger partial charge in [-0.25, -0.2) is 4.98 Å². The Bertz CT molecular complexity index is 557. The summed E-state index contributed by atoms with van der Waals surface area (Å²) in [5.74, 6) is 0.684. The maximum atomic E-state index is 11.1. The molecule has 0 aliphatic rings. The molecule has 1 heterocycles. The molecule has 1 aromatic heterocycles. The number of benzene rings is 1. The van der Waals surface area contributed by atoms with Gasteiger partial charge in [0, 0.05) is 6.54 Å². The summed E-state index contributed by atoms with van der Waals surface area (Å²) in [5, 5.41) is 2.74. The number of rotatable bonds is 4. The zero-order valence-electron chi connectivity index (χ0n) is 9.81. The van der Waals surface area contributed by atoms with E-state index in [4.69, 9.17) is 0 Å². The maximum absolute atomic E-state index is 11.1. The van der Waals surface area contributed by atoms with Gasteiger partial charge in [-0.3, -0.25) is 4.79 Å². The number of imidazole rings is 1. The minimum Gasteiger partial charge on any atom is -0.345 e. The lowest BCUT2D eigenvalue weighted by atomic mass is 10.3. The first kappa shape index (κ1) is 11.4. The fourth-order valence-electron chi connectivity index (χ4n) is 1.85. The topological polar surface area (TPSA) is 46.9 Å². The van der Waals surface area contributed by atoms with E-state index in [-0.39, 0.29) is 5.91 Å². The highest BCUT2D eigenvalue weighted by Crippen LogP contribution is 2.15. The molecule has 0 saturated carbocycles. The molecular weight excluding hydrogens is 214 g/mol. The molecule has 0 spiro atoms. The largest absolute Gasteiger partial charge is 0.345 e. The van der Waals surface area contributed by atoms with Crippen LogP contribution in [0.1, 0.15) is 12.7 Å². The number of aromatic nitrogens is 2. The van der Waals surface area contributed by atoms with Crippen LogP contribution in [-0.4, -0.2) is 15.5 Å². The maximum Gasteiger partial charge on any atom is 0.243 e. The summed E-state index contributed by atoms with van der Waals surface area (Å²) in [5.41, 5.74) is 2.05. The summed E-state index contributed by atoms with van der Waals surface area (Å²) < 4.78 is 2.10. The summed E-state index contributed by atoms with van der Waals surface area (Å²) in [6, 6.07) is 7.95. The molecule has 0 bridgehead atoms. The first-order valence-electron chi connectivity index (χ1n) is 5.60. The van der Waals surface area contributed by atoms with E-state index in [9.17, 15) is 4.79 Å². The number of hydrogen-bond donors (Lipinski definition) is 1. The van der Waals surface area contributed by atoms with Crippen molar-refractivity contribution in [1.29, 1.82) is 0 Å². The van der Waals surface area contributed by atoms with Crippen LogP contribution in [-0.2, 0) is 17.9 Å². The summed E-state index contributed by atoms with van der Waals surface area (Å²) in [6.07, 6.45) is 1.26. The zero-order chi connectivity index (χ0) is 12.3. The fraction of sp³-hybridized carbons (Fsp3) is 0.231. The molecule has 0 aliphatic heterocycles. The Kier molecular flexibility index (Phi) is 3.23. The molecule has 0 aliphatic carbocycles. The van der Waals surface area contributed by atoms with Crippen LogP contribution >= 0.6 is 0 Å². The summed E-state index contributed by atoms with van der Waals surface area (Å²) in [6.45, 7) is 6.74. The van der Waals surface area contributed by atoms with E-state index in [0.29, 0.717) is 6.54 Å². The third kappa shape index (κ3) is 2.20. The SMILES string of the molecule is C=CC(=O)NCc1nc2ccccc2n1CC. The number of nitrogens with one attached hydrogen (secondary N) is 1. The second-order valence-electron chi connectivity index (χ2n) is 3.68. The molecule has 88 valence electrons. The Labute approximate surface area is 100.0 Å². The number of hydrogen-bond acceptors (Lipinski definition) is 2. The molecule has 1 amide bonds. The molecule has 1 N–H and O–H groups in total. The first-order valence-corrected chi connectivity index (χ1v) is 5.60. The van der Waals surface area contributed by atoms with E-state index in [1.54, 1.807) is 0 Å². The molecular formula is C13H15N3O. The van der Waals surface area contributed by atoms with E-state index in [2.05, 4.69) is 28.4 Å². The Morgan fingerprint density at radius 1 is 1.53 bits per heavy atom. The van der Waals surface area contributed by atoms with Crippen molar-refractivity contribution in [3.05, 3.63) is 42.7 Å². The number of amides is 1. The standard InChI is InChI=1S/C13H15N3O/c1-3-13(17)14-9-12-15-10-7-5-6-8-11(10)16(12)4-2/h3,5-8H,1,4,9H2,2H3,(H,14,17). The van der Waals surface area contributed by atoms with Crippen molar-refractivity contribution in [1.82, 2.24) is 14.9 Å². The van der Waals surface area contributed by atoms with Crippen molar-refractivity contribution < 1.29 is 4.79 Å². The molecule has 4 heteroatoms. The summed E-state index contributed by atoms with van der Waals surface area (Å²) in [7, 11) is 0. The van der Waals surface area contributed by atoms with Gasteiger partial charge in [-0.15, -0.1) is 0 Å². The summed E-state index contributed by atoms with van der Waals surface area (Å²) in [4.78, 5) is 15.6. The number of para-hydroxylation sites is 2. The van der Waals surface area contributed by atoms with Crippen molar-refractivity contribution >= 4 is 16.9 Å². The highest BCUT2D eigenvalue weighted by molar-refractivity contribution is 5.86. The van der Waals surface area contributed by atoms with Crippen LogP contribution in [0.5, 0.6) is 0 Å². The Hall–Kier alpha value is -2.10. The molecule has 17 heavy (non-hydrogen) atoms. The number of carbonyl (C=O) groups is 1. The van der Waals surface area contributed by atoms with E-state index < -0.39 is 0 Å². The summed E-state index contributed by atoms with van der Waals surface area (Å²) >= 11 is 0. The smallest absolute Gasteiger partial charge is 0.243 e. The second-order valence-corrected chi connectivity index (χ2v) is 3.68. The van der Waals surface area contributed by atoms with Crippen molar-refractivity contribution in [2.75, 3.05) is 0 Å². The molecule has 0 saturated heterocycles. The van der Waals surface area contributed by atoms with Gasteiger partial charge in [0.15, 0.2) is 0 Å². The monoisotopic (exact) mass is 229 g/mol. The molecule has 2 rings (SSSR count). The Morgan fingerprint density at radius 2 is 2.29 bits per heavy atom. The van der Waals surface area contributed by atoms with Crippen molar-refractivity contribution in [3.63, 3.8) is 0 Å². The predicted octanol–water partition coefficient (Wildman–Crippen LogP) is 1.86. The van der Waals surface area contributed by atoms with E-state index >= 15 is 0 Å². The lowest BCUT2D eigenvalue weighted by Gasteiger charge is -2.06. The third-order valence-electron chi connectivity index (χ3n) is 2.66. The van der Waals surface area contributed by atoms with Gasteiger partial charge < -0.3 is 9.88 Å². The van der Waals surface area contributed by atoms with Gasteiger partial charge in [-0.2, -0.15) is 0 Å². The van der Waals surface area contributed by atoms with Crippen LogP contribution in [0.3, 0.4) is 0 Å². The van der Waals surface area contributed by atoms with Gasteiger partial charge in [-0.05, 0) is 25.1 Å². The van der Waals surface area contributed by atoms with Gasteiger partial charge >= 0.3 is 0 Å². The minimum atomic E-state index is -0.181. The molecule has 0 unspecified atom stereocenters. The quantitative estimate of drug-likeness (QED) is 0.813. The van der Waals surface area contributed by atoms with Crippen molar-refractivity contribution in [3.8, 4) is 0 Å². The highest BCUT2D eigenvalue weighted by Gasteiger charge is 2.08. The van der Waals surface area contributed by atoms with Crippen LogP contribution in [0.25, 0.3) is 11.0 Å². The average Bonchev–Trinajstić information content (AvgIpc) is 2.73. The van der Waals surface area contributed by atoms with E-state index in [1.165, 1.54) is 6.08 Å². The van der Waals surface area contributed by atoms with Crippen LogP contribution in [0.2, 0.25) is 0 Å². The molecule has 1 aromatic carbocycles. The predicted molar refractivity (Wildman–Crippen MR) is 67.5 cm³/mol. The zero-order valence-corrected chi connectivity index (χ0v) is 9.81. The molecule has 0 radical (unpaired) electrons. The van der Waals surface area contributed by atoms with Gasteiger partial charge in [0.05, 0.1) is 17.6 Å². The molecule has 4 nitrogen and oxygen atoms in total. The van der Waals surface area contributed by atoms with E-state index in [0.717, 1.165) is 23.4 Å². The normalized spacial score (nSPS) is 10.4. The fourth-order valence-corrected chi connectivity index (χ4v) is 1.85. The van der Waals surface area contributed by atoms with Gasteiger partial charge in [-0.1, -0.05) is 18.7 Å². The first-order chi connectivity index (χ1) is 8.26. The van der Waals surface area contributed by atoms with Crippen LogP contribution < -0.4 is 5.32 Å². The lowest BCUT2D eigenvalue weighted by Crippen LogP contribution is -2.22. The van der Waals surface area contributed by atoms with Crippen LogP contribution in [0, 0.1) is 0 Å². The van der Waals surface area contributed by atoms with Crippen LogP contribution in [0.4, 0.5) is 0 Å². The highest BCUT2D eigenvalue weighted by atomic mass is 16.1. The number of nitrogens with zero attached hydrogens (tertiary/aromatic N) is 2. The van der Waals surface area contributed by atoms with Gasteiger partial charge in [0.1, 0.15) is 5.82 Å². The second kappa shape index (κ2) is 4.82. The lowest BCUT2D eigenvalue weighted by molar-refractivity contribution is -0.116. The third-order valence-corrected chi connectivity index (χ3v) is 2.66. The van der Waals surface area contributed by atoms with Crippen molar-refractivity contribution in [2.24, 2.45) is 0 Å². The van der Waals surface area contributed by atoms with Gasteiger partial charge in [0.25, 0.3) is 0 Å². The molecule has 0 atom stereocenters. The number of aryl methyl sites for hydroxylation is 1. The van der Waals surface area contributed by atoms with E-state index in [1.807, 2.05) is 24.3 Å². The molecule has 2 aromatic rings. The Morgan fingerprint density at radius 3 is 3.00 bits per heavy atom. The van der Waals surface area contributed by atoms with Crippen LogP contribution in [0.15, 0.2) is 36.9 Å². The number of carbonyl (C=O) groups excluding carboxylic acids is 1. The number of fused-ring (bicyclic) bond motifs is 1. The Balaban J connectivity index is 2.33.